The zero-order chi connectivity index (χ0) is 24.1. The molecule has 2 aromatic heterocycles. The van der Waals surface area contributed by atoms with Crippen molar-refractivity contribution in [3.05, 3.63) is 58.3 Å². The number of cyclic esters (lactones) is 1. The van der Waals surface area contributed by atoms with Gasteiger partial charge in [0.1, 0.15) is 17.7 Å². The van der Waals surface area contributed by atoms with Gasteiger partial charge in [0.25, 0.3) is 11.5 Å². The minimum absolute atomic E-state index is 0.0322. The van der Waals surface area contributed by atoms with Gasteiger partial charge in [-0.1, -0.05) is 0 Å². The third kappa shape index (κ3) is 3.77. The van der Waals surface area contributed by atoms with Crippen molar-refractivity contribution in [3.63, 3.8) is 0 Å². The molecule has 0 spiro atoms. The molecule has 2 N–H and O–H groups in total. The first kappa shape index (κ1) is 21.5. The maximum absolute atomic E-state index is 14.6. The summed E-state index contributed by atoms with van der Waals surface area (Å²) in [5.74, 6) is -0.287. The summed E-state index contributed by atoms with van der Waals surface area (Å²) in [6.07, 6.45) is 1.01. The molecule has 0 saturated carbocycles. The van der Waals surface area contributed by atoms with E-state index in [-0.39, 0.29) is 30.1 Å². The molecule has 1 fully saturated rings. The van der Waals surface area contributed by atoms with E-state index in [0.29, 0.717) is 66.3 Å². The first-order valence-electron chi connectivity index (χ1n) is 11.4. The van der Waals surface area contributed by atoms with Gasteiger partial charge in [-0.15, -0.1) is 0 Å². The molecule has 5 heterocycles. The number of hydrogen-bond donors (Lipinski definition) is 2. The number of nitrogens with zero attached hydrogens (tertiary/aromatic N) is 3. The van der Waals surface area contributed by atoms with E-state index in [0.717, 1.165) is 0 Å². The minimum atomic E-state index is -0.454. The molecule has 0 radical (unpaired) electrons. The summed E-state index contributed by atoms with van der Waals surface area (Å²) in [5.41, 5.74) is 2.65. The number of pyridine rings is 2. The topological polar surface area (TPSA) is 115 Å². The van der Waals surface area contributed by atoms with Crippen molar-refractivity contribution in [3.8, 4) is 5.75 Å². The van der Waals surface area contributed by atoms with E-state index >= 15 is 0 Å². The van der Waals surface area contributed by atoms with Gasteiger partial charge in [-0.2, -0.15) is 0 Å². The van der Waals surface area contributed by atoms with Crippen LogP contribution in [0.15, 0.2) is 41.3 Å². The van der Waals surface area contributed by atoms with E-state index in [1.807, 2.05) is 0 Å². The van der Waals surface area contributed by atoms with Crippen molar-refractivity contribution in [2.45, 2.75) is 25.0 Å². The Morgan fingerprint density at radius 2 is 2.06 bits per heavy atom. The Morgan fingerprint density at radius 1 is 1.17 bits per heavy atom. The van der Waals surface area contributed by atoms with Crippen LogP contribution in [0.2, 0.25) is 0 Å². The highest BCUT2D eigenvalue weighted by Gasteiger charge is 2.33. The molecule has 3 aliphatic heterocycles. The van der Waals surface area contributed by atoms with Crippen LogP contribution in [0.25, 0.3) is 11.0 Å². The molecule has 35 heavy (non-hydrogen) atoms. The molecule has 11 heteroatoms. The van der Waals surface area contributed by atoms with Crippen LogP contribution in [-0.2, 0) is 16.1 Å². The number of anilines is 2. The van der Waals surface area contributed by atoms with Gasteiger partial charge < -0.3 is 24.7 Å². The average molecular weight is 479 g/mol. The van der Waals surface area contributed by atoms with Crippen LogP contribution in [0.3, 0.4) is 0 Å². The first-order valence-corrected chi connectivity index (χ1v) is 11.4. The van der Waals surface area contributed by atoms with Crippen LogP contribution in [0.5, 0.6) is 5.75 Å². The number of carbonyl (C=O) groups excluding carboxylic acids is 2. The molecular formula is C24H22FN5O5. The number of halogens is 1. The van der Waals surface area contributed by atoms with E-state index in [4.69, 9.17) is 9.47 Å². The fourth-order valence-electron chi connectivity index (χ4n) is 4.97. The van der Waals surface area contributed by atoms with Crippen molar-refractivity contribution in [1.29, 1.82) is 0 Å². The molecule has 6 rings (SSSR count). The number of aromatic nitrogens is 2. The maximum atomic E-state index is 14.6. The lowest BCUT2D eigenvalue weighted by Gasteiger charge is -2.20. The average Bonchev–Trinajstić information content (AvgIpc) is 3.42. The summed E-state index contributed by atoms with van der Waals surface area (Å²) in [5, 5.41) is 6.05. The van der Waals surface area contributed by atoms with Crippen molar-refractivity contribution in [2.24, 2.45) is 0 Å². The van der Waals surface area contributed by atoms with Crippen molar-refractivity contribution in [1.82, 2.24) is 14.9 Å². The number of fused-ring (bicyclic) bond motifs is 1. The second-order valence-corrected chi connectivity index (χ2v) is 8.86. The van der Waals surface area contributed by atoms with E-state index in [1.54, 1.807) is 28.8 Å². The largest absolute Gasteiger partial charge is 0.482 e. The van der Waals surface area contributed by atoms with Crippen molar-refractivity contribution in [2.75, 3.05) is 36.5 Å². The van der Waals surface area contributed by atoms with Gasteiger partial charge >= 0.3 is 6.09 Å². The zero-order valence-electron chi connectivity index (χ0n) is 18.6. The Bertz CT molecular complexity index is 1420. The van der Waals surface area contributed by atoms with Crippen LogP contribution in [-0.4, -0.2) is 53.9 Å². The molecule has 180 valence electrons. The monoisotopic (exact) mass is 479 g/mol. The highest BCUT2D eigenvalue weighted by atomic mass is 19.1. The molecule has 3 aromatic rings. The summed E-state index contributed by atoms with van der Waals surface area (Å²) >= 11 is 0. The first-order chi connectivity index (χ1) is 17.0. The number of rotatable bonds is 6. The smallest absolute Gasteiger partial charge is 0.414 e. The lowest BCUT2D eigenvalue weighted by atomic mass is 10.0. The van der Waals surface area contributed by atoms with E-state index < -0.39 is 11.9 Å². The van der Waals surface area contributed by atoms with Gasteiger partial charge in [0.05, 0.1) is 29.5 Å². The Balaban J connectivity index is 1.06. The van der Waals surface area contributed by atoms with E-state index in [1.165, 1.54) is 17.2 Å². The summed E-state index contributed by atoms with van der Waals surface area (Å²) in [6.45, 7) is 1.77. The predicted molar refractivity (Wildman–Crippen MR) is 124 cm³/mol. The van der Waals surface area contributed by atoms with Crippen LogP contribution in [0.1, 0.15) is 17.9 Å². The summed E-state index contributed by atoms with van der Waals surface area (Å²) in [7, 11) is 0. The number of ether oxygens (including phenoxy) is 2. The van der Waals surface area contributed by atoms with Gasteiger partial charge in [0, 0.05) is 36.3 Å². The van der Waals surface area contributed by atoms with Gasteiger partial charge in [-0.3, -0.25) is 19.5 Å². The van der Waals surface area contributed by atoms with Crippen LogP contribution in [0, 0.1) is 5.82 Å². The number of nitrogens with one attached hydrogen (secondary N) is 2. The van der Waals surface area contributed by atoms with Gasteiger partial charge in [-0.05, 0) is 37.2 Å². The quantitative estimate of drug-likeness (QED) is 0.520. The second-order valence-electron chi connectivity index (χ2n) is 8.86. The second kappa shape index (κ2) is 8.35. The summed E-state index contributed by atoms with van der Waals surface area (Å²) < 4.78 is 27.0. The summed E-state index contributed by atoms with van der Waals surface area (Å²) in [6, 6.07) is 8.24. The number of carbonyl (C=O) groups is 2. The Morgan fingerprint density at radius 3 is 2.94 bits per heavy atom. The van der Waals surface area contributed by atoms with Crippen molar-refractivity contribution >= 4 is 34.4 Å². The number of benzene rings is 1. The third-order valence-electron chi connectivity index (χ3n) is 6.62. The van der Waals surface area contributed by atoms with Gasteiger partial charge in [0.15, 0.2) is 6.61 Å². The number of hydrogen-bond acceptors (Lipinski definition) is 7. The molecule has 1 saturated heterocycles. The minimum Gasteiger partial charge on any atom is -0.482 e. The molecule has 2 amide bonds. The molecule has 0 unspecified atom stereocenters. The van der Waals surface area contributed by atoms with Gasteiger partial charge in [0.2, 0.25) is 0 Å². The standard InChI is InChI=1S/C24H22FN5O5/c25-16-9-27-17-2-4-21(32)30-10-13(22(16)23(17)30)8-26-6-5-15-11-29(24(33)35-15)14-1-3-19-18(7-14)28-20(31)12-34-19/h1-4,7,9,13,15,26H,5-6,8,10-12H2,(H,28,31)/t13-,15-/m0/s1. The SMILES string of the molecule is O=C1COc2ccc(N3C[C@H](CCNC[C@H]4Cn5c(=O)ccc6ncc(F)c4c65)OC3=O)cc2N1. The lowest BCUT2D eigenvalue weighted by molar-refractivity contribution is -0.118. The van der Waals surface area contributed by atoms with Crippen LogP contribution in [0.4, 0.5) is 20.6 Å². The molecule has 0 aliphatic carbocycles. The van der Waals surface area contributed by atoms with Crippen LogP contribution >= 0.6 is 0 Å². The lowest BCUT2D eigenvalue weighted by Crippen LogP contribution is -2.29. The zero-order valence-corrected chi connectivity index (χ0v) is 18.6. The highest BCUT2D eigenvalue weighted by Crippen LogP contribution is 2.34. The van der Waals surface area contributed by atoms with E-state index in [9.17, 15) is 18.8 Å². The van der Waals surface area contributed by atoms with Crippen molar-refractivity contribution < 1.29 is 23.5 Å². The fraction of sp³-hybridized carbons (Fsp3) is 0.333. The van der Waals surface area contributed by atoms with E-state index in [2.05, 4.69) is 15.6 Å². The molecule has 2 atom stereocenters. The van der Waals surface area contributed by atoms with Gasteiger partial charge in [-0.25, -0.2) is 9.18 Å². The molecule has 0 bridgehead atoms. The Labute approximate surface area is 198 Å². The molecular weight excluding hydrogens is 457 g/mol. The Kier molecular flexibility index (Phi) is 5.14. The fourth-order valence-corrected chi connectivity index (χ4v) is 4.97. The predicted octanol–water partition coefficient (Wildman–Crippen LogP) is 1.97. The molecule has 1 aromatic carbocycles. The Hall–Kier alpha value is -3.99. The molecule has 3 aliphatic rings. The summed E-state index contributed by atoms with van der Waals surface area (Å²) in [4.78, 5) is 41.9. The normalized spacial score (nSPS) is 20.5. The number of amides is 2. The molecule has 10 nitrogen and oxygen atoms in total. The van der Waals surface area contributed by atoms with Crippen LogP contribution < -0.4 is 25.8 Å². The maximum Gasteiger partial charge on any atom is 0.414 e. The highest BCUT2D eigenvalue weighted by molar-refractivity contribution is 5.97. The third-order valence-corrected chi connectivity index (χ3v) is 6.62.